The molecule has 0 aliphatic rings. The SMILES string of the molecule is CC(C)c1cc(Nc2cccc([N+](=O)[O-])c2)cc(C(C)C)c1O. The number of aromatic hydroxyl groups is 1. The molecule has 0 radical (unpaired) electrons. The van der Waals surface area contributed by atoms with E-state index in [2.05, 4.69) is 5.32 Å². The number of non-ortho nitro benzene ring substituents is 1. The Kier molecular flexibility index (Phi) is 4.89. The van der Waals surface area contributed by atoms with Gasteiger partial charge in [0.15, 0.2) is 0 Å². The fraction of sp³-hybridized carbons (Fsp3) is 0.333. The zero-order valence-corrected chi connectivity index (χ0v) is 13.8. The fourth-order valence-electron chi connectivity index (χ4n) is 2.50. The molecule has 0 saturated carbocycles. The van der Waals surface area contributed by atoms with Gasteiger partial charge in [-0.05, 0) is 41.2 Å². The molecule has 0 amide bonds. The van der Waals surface area contributed by atoms with Crippen LogP contribution in [0.15, 0.2) is 36.4 Å². The van der Waals surface area contributed by atoms with Crippen LogP contribution in [0.3, 0.4) is 0 Å². The molecule has 2 aromatic rings. The number of rotatable bonds is 5. The average molecular weight is 314 g/mol. The number of phenolic OH excluding ortho intramolecular Hbond substituents is 1. The summed E-state index contributed by atoms with van der Waals surface area (Å²) in [5, 5.41) is 24.5. The monoisotopic (exact) mass is 314 g/mol. The Morgan fingerprint density at radius 2 is 1.57 bits per heavy atom. The molecule has 0 spiro atoms. The molecule has 2 N–H and O–H groups in total. The van der Waals surface area contributed by atoms with Gasteiger partial charge in [-0.2, -0.15) is 0 Å². The number of benzene rings is 2. The van der Waals surface area contributed by atoms with E-state index in [0.29, 0.717) is 11.4 Å². The highest BCUT2D eigenvalue weighted by atomic mass is 16.6. The van der Waals surface area contributed by atoms with Crippen LogP contribution in [0.1, 0.15) is 50.7 Å². The molecule has 2 aromatic carbocycles. The number of nitrogens with one attached hydrogen (secondary N) is 1. The van der Waals surface area contributed by atoms with E-state index < -0.39 is 4.92 Å². The molecule has 5 nitrogen and oxygen atoms in total. The number of anilines is 2. The van der Waals surface area contributed by atoms with Gasteiger partial charge in [0.05, 0.1) is 4.92 Å². The Balaban J connectivity index is 2.43. The summed E-state index contributed by atoms with van der Waals surface area (Å²) in [6, 6.07) is 10.2. The van der Waals surface area contributed by atoms with Gasteiger partial charge < -0.3 is 10.4 Å². The van der Waals surface area contributed by atoms with Crippen LogP contribution < -0.4 is 5.32 Å². The van der Waals surface area contributed by atoms with Crippen molar-refractivity contribution in [2.75, 3.05) is 5.32 Å². The fourth-order valence-corrected chi connectivity index (χ4v) is 2.50. The number of hydrogen-bond acceptors (Lipinski definition) is 4. The van der Waals surface area contributed by atoms with Crippen molar-refractivity contribution >= 4 is 17.1 Å². The first-order valence-corrected chi connectivity index (χ1v) is 7.68. The van der Waals surface area contributed by atoms with Gasteiger partial charge in [0.25, 0.3) is 5.69 Å². The number of nitro groups is 1. The van der Waals surface area contributed by atoms with Crippen molar-refractivity contribution in [3.05, 3.63) is 57.6 Å². The van der Waals surface area contributed by atoms with Crippen LogP contribution >= 0.6 is 0 Å². The van der Waals surface area contributed by atoms with Gasteiger partial charge in [0.2, 0.25) is 0 Å². The lowest BCUT2D eigenvalue weighted by atomic mass is 9.93. The third-order valence-corrected chi connectivity index (χ3v) is 3.76. The first-order chi connectivity index (χ1) is 10.8. The predicted octanol–water partition coefficient (Wildman–Crippen LogP) is 5.29. The largest absolute Gasteiger partial charge is 0.507 e. The van der Waals surface area contributed by atoms with E-state index in [9.17, 15) is 15.2 Å². The van der Waals surface area contributed by atoms with Crippen LogP contribution in [0, 0.1) is 10.1 Å². The summed E-state index contributed by atoms with van der Waals surface area (Å²) in [6.07, 6.45) is 0. The molecular weight excluding hydrogens is 292 g/mol. The van der Waals surface area contributed by atoms with E-state index >= 15 is 0 Å². The Morgan fingerprint density at radius 3 is 2.04 bits per heavy atom. The Bertz CT molecular complexity index is 695. The van der Waals surface area contributed by atoms with Gasteiger partial charge in [-0.25, -0.2) is 0 Å². The lowest BCUT2D eigenvalue weighted by Crippen LogP contribution is -1.99. The molecule has 23 heavy (non-hydrogen) atoms. The normalized spacial score (nSPS) is 11.0. The Morgan fingerprint density at radius 1 is 1.00 bits per heavy atom. The van der Waals surface area contributed by atoms with Crippen molar-refractivity contribution < 1.29 is 10.0 Å². The smallest absolute Gasteiger partial charge is 0.271 e. The average Bonchev–Trinajstić information content (AvgIpc) is 2.48. The van der Waals surface area contributed by atoms with Crippen LogP contribution in [-0.2, 0) is 0 Å². The van der Waals surface area contributed by atoms with E-state index in [0.717, 1.165) is 16.8 Å². The molecule has 0 unspecified atom stereocenters. The van der Waals surface area contributed by atoms with Crippen molar-refractivity contribution in [3.8, 4) is 5.75 Å². The number of nitrogens with zero attached hydrogens (tertiary/aromatic N) is 1. The van der Waals surface area contributed by atoms with Crippen molar-refractivity contribution in [1.29, 1.82) is 0 Å². The van der Waals surface area contributed by atoms with E-state index in [1.54, 1.807) is 12.1 Å². The molecule has 0 fully saturated rings. The first-order valence-electron chi connectivity index (χ1n) is 7.68. The zero-order valence-electron chi connectivity index (χ0n) is 13.8. The zero-order chi connectivity index (χ0) is 17.1. The standard InChI is InChI=1S/C18H22N2O3/c1-11(2)16-9-14(10-17(12(3)4)18(16)21)19-13-6-5-7-15(8-13)20(22)23/h5-12,19,21H,1-4H3. The van der Waals surface area contributed by atoms with E-state index in [1.165, 1.54) is 12.1 Å². The van der Waals surface area contributed by atoms with Crippen LogP contribution in [0.4, 0.5) is 17.1 Å². The predicted molar refractivity (Wildman–Crippen MR) is 92.7 cm³/mol. The Labute approximate surface area is 136 Å². The molecule has 2 rings (SSSR count). The lowest BCUT2D eigenvalue weighted by Gasteiger charge is -2.18. The van der Waals surface area contributed by atoms with Crippen molar-refractivity contribution in [1.82, 2.24) is 0 Å². The third kappa shape index (κ3) is 3.80. The maximum Gasteiger partial charge on any atom is 0.271 e. The second-order valence-corrected chi connectivity index (χ2v) is 6.25. The van der Waals surface area contributed by atoms with Gasteiger partial charge in [-0.1, -0.05) is 33.8 Å². The molecule has 0 atom stereocenters. The summed E-state index contributed by atoms with van der Waals surface area (Å²) in [4.78, 5) is 10.5. The molecule has 0 saturated heterocycles. The van der Waals surface area contributed by atoms with Crippen LogP contribution in [0.2, 0.25) is 0 Å². The highest BCUT2D eigenvalue weighted by Gasteiger charge is 2.15. The summed E-state index contributed by atoms with van der Waals surface area (Å²) in [5.74, 6) is 0.693. The summed E-state index contributed by atoms with van der Waals surface area (Å²) in [5.41, 5.74) is 3.24. The summed E-state index contributed by atoms with van der Waals surface area (Å²) >= 11 is 0. The van der Waals surface area contributed by atoms with Crippen LogP contribution in [0.25, 0.3) is 0 Å². The minimum atomic E-state index is -0.416. The summed E-state index contributed by atoms with van der Waals surface area (Å²) in [7, 11) is 0. The lowest BCUT2D eigenvalue weighted by molar-refractivity contribution is -0.384. The van der Waals surface area contributed by atoms with Gasteiger partial charge in [0.1, 0.15) is 5.75 Å². The minimum Gasteiger partial charge on any atom is -0.507 e. The second kappa shape index (κ2) is 6.69. The molecule has 0 aromatic heterocycles. The summed E-state index contributed by atoms with van der Waals surface area (Å²) < 4.78 is 0. The highest BCUT2D eigenvalue weighted by Crippen LogP contribution is 2.37. The van der Waals surface area contributed by atoms with Crippen molar-refractivity contribution in [3.63, 3.8) is 0 Å². The van der Waals surface area contributed by atoms with Gasteiger partial charge >= 0.3 is 0 Å². The van der Waals surface area contributed by atoms with Crippen molar-refractivity contribution in [2.24, 2.45) is 0 Å². The summed E-state index contributed by atoms with van der Waals surface area (Å²) in [6.45, 7) is 8.10. The number of hydrogen-bond donors (Lipinski definition) is 2. The van der Waals surface area contributed by atoms with Crippen LogP contribution in [0.5, 0.6) is 5.75 Å². The van der Waals surface area contributed by atoms with Crippen molar-refractivity contribution in [2.45, 2.75) is 39.5 Å². The maximum atomic E-state index is 10.9. The second-order valence-electron chi connectivity index (χ2n) is 6.25. The Hall–Kier alpha value is -2.56. The quantitative estimate of drug-likeness (QED) is 0.446. The van der Waals surface area contributed by atoms with Gasteiger partial charge in [-0.3, -0.25) is 10.1 Å². The number of nitro benzene ring substituents is 1. The van der Waals surface area contributed by atoms with Gasteiger partial charge in [0, 0.05) is 23.5 Å². The topological polar surface area (TPSA) is 75.4 Å². The molecule has 0 aliphatic heterocycles. The molecule has 0 bridgehead atoms. The highest BCUT2D eigenvalue weighted by molar-refractivity contribution is 5.66. The van der Waals surface area contributed by atoms with E-state index in [1.807, 2.05) is 39.8 Å². The molecule has 122 valence electrons. The van der Waals surface area contributed by atoms with Gasteiger partial charge in [-0.15, -0.1) is 0 Å². The molecule has 5 heteroatoms. The maximum absolute atomic E-state index is 10.9. The molecule has 0 heterocycles. The first kappa shape index (κ1) is 16.8. The van der Waals surface area contributed by atoms with E-state index in [4.69, 9.17) is 0 Å². The van der Waals surface area contributed by atoms with E-state index in [-0.39, 0.29) is 17.5 Å². The molecular formula is C18H22N2O3. The minimum absolute atomic E-state index is 0.0435. The van der Waals surface area contributed by atoms with Crippen LogP contribution in [-0.4, -0.2) is 10.0 Å². The third-order valence-electron chi connectivity index (χ3n) is 3.76. The number of phenols is 1. The molecule has 0 aliphatic carbocycles.